The van der Waals surface area contributed by atoms with E-state index in [4.69, 9.17) is 0 Å². The maximum absolute atomic E-state index is 12.5. The van der Waals surface area contributed by atoms with E-state index in [-0.39, 0.29) is 0 Å². The van der Waals surface area contributed by atoms with E-state index in [1.807, 2.05) is 0 Å². The Kier molecular flexibility index (Phi) is 4.38. The molecule has 19 heavy (non-hydrogen) atoms. The number of halogens is 3. The lowest BCUT2D eigenvalue weighted by atomic mass is 9.92. The molecule has 0 spiro atoms. The lowest BCUT2D eigenvalue weighted by Gasteiger charge is -2.33. The van der Waals surface area contributed by atoms with Crippen LogP contribution in [0.2, 0.25) is 0 Å². The molecule has 1 nitrogen and oxygen atoms in total. The van der Waals surface area contributed by atoms with Crippen molar-refractivity contribution in [2.24, 2.45) is 5.92 Å². The summed E-state index contributed by atoms with van der Waals surface area (Å²) in [4.78, 5) is 2.19. The third-order valence-corrected chi connectivity index (χ3v) is 3.87. The summed E-state index contributed by atoms with van der Waals surface area (Å²) in [5, 5.41) is 0. The second kappa shape index (κ2) is 5.85. The number of rotatable bonds is 3. The highest BCUT2D eigenvalue weighted by molar-refractivity contribution is 5.48. The van der Waals surface area contributed by atoms with Gasteiger partial charge in [0.2, 0.25) is 0 Å². The number of hydrogen-bond acceptors (Lipinski definition) is 1. The third-order valence-electron chi connectivity index (χ3n) is 3.87. The smallest absolute Gasteiger partial charge is 0.372 e. The van der Waals surface area contributed by atoms with Crippen molar-refractivity contribution in [2.45, 2.75) is 38.8 Å². The summed E-state index contributed by atoms with van der Waals surface area (Å²) in [6.45, 7) is 4.11. The molecule has 0 amide bonds. The predicted octanol–water partition coefficient (Wildman–Crippen LogP) is 4.72. The van der Waals surface area contributed by atoms with E-state index < -0.39 is 11.7 Å². The first-order valence-electron chi connectivity index (χ1n) is 6.93. The molecule has 1 aliphatic rings. The lowest BCUT2D eigenvalue weighted by molar-refractivity contribution is -0.137. The molecule has 0 N–H and O–H groups in total. The van der Waals surface area contributed by atoms with Gasteiger partial charge in [0.15, 0.2) is 0 Å². The normalized spacial score (nSPS) is 17.8. The van der Waals surface area contributed by atoms with Gasteiger partial charge in [0, 0.05) is 18.8 Å². The van der Waals surface area contributed by atoms with Crippen molar-refractivity contribution in [1.29, 1.82) is 0 Å². The number of alkyl halides is 3. The fraction of sp³-hybridized carbons (Fsp3) is 0.600. The van der Waals surface area contributed by atoms with Crippen LogP contribution in [0.15, 0.2) is 24.3 Å². The van der Waals surface area contributed by atoms with Crippen LogP contribution in [0.25, 0.3) is 0 Å². The van der Waals surface area contributed by atoms with E-state index in [9.17, 15) is 13.2 Å². The Hall–Kier alpha value is -1.19. The number of hydrogen-bond donors (Lipinski definition) is 0. The summed E-state index contributed by atoms with van der Waals surface area (Å²) in [6, 6.07) is 5.52. The van der Waals surface area contributed by atoms with Crippen molar-refractivity contribution in [3.63, 3.8) is 0 Å². The molecule has 1 aliphatic heterocycles. The summed E-state index contributed by atoms with van der Waals surface area (Å²) in [5.74, 6) is 0.788. The first-order valence-corrected chi connectivity index (χ1v) is 6.93. The minimum atomic E-state index is -4.24. The largest absolute Gasteiger partial charge is 0.416 e. The maximum atomic E-state index is 12.5. The molecule has 0 bridgehead atoms. The molecule has 1 heterocycles. The molecule has 0 atom stereocenters. The van der Waals surface area contributed by atoms with E-state index in [1.54, 1.807) is 12.1 Å². The van der Waals surface area contributed by atoms with Crippen molar-refractivity contribution in [1.82, 2.24) is 0 Å². The Morgan fingerprint density at radius 3 is 2.16 bits per heavy atom. The maximum Gasteiger partial charge on any atom is 0.416 e. The van der Waals surface area contributed by atoms with Gasteiger partial charge in [-0.25, -0.2) is 0 Å². The van der Waals surface area contributed by atoms with E-state index in [0.29, 0.717) is 0 Å². The Morgan fingerprint density at radius 2 is 1.68 bits per heavy atom. The summed E-state index contributed by atoms with van der Waals surface area (Å²) >= 11 is 0. The molecule has 1 aromatic carbocycles. The van der Waals surface area contributed by atoms with E-state index >= 15 is 0 Å². The number of anilines is 1. The van der Waals surface area contributed by atoms with Crippen LogP contribution < -0.4 is 4.90 Å². The van der Waals surface area contributed by atoms with Gasteiger partial charge in [-0.05, 0) is 43.0 Å². The molecular weight excluding hydrogens is 251 g/mol. The Morgan fingerprint density at radius 1 is 1.11 bits per heavy atom. The van der Waals surface area contributed by atoms with Gasteiger partial charge in [-0.3, -0.25) is 0 Å². The quantitative estimate of drug-likeness (QED) is 0.768. The van der Waals surface area contributed by atoms with Gasteiger partial charge in [-0.2, -0.15) is 13.2 Å². The van der Waals surface area contributed by atoms with Crippen molar-refractivity contribution < 1.29 is 13.2 Å². The van der Waals surface area contributed by atoms with Gasteiger partial charge in [-0.1, -0.05) is 19.8 Å². The minimum Gasteiger partial charge on any atom is -0.372 e. The average Bonchev–Trinajstić information content (AvgIpc) is 2.39. The van der Waals surface area contributed by atoms with Gasteiger partial charge >= 0.3 is 6.18 Å². The first kappa shape index (κ1) is 14.2. The van der Waals surface area contributed by atoms with E-state index in [2.05, 4.69) is 11.8 Å². The van der Waals surface area contributed by atoms with Crippen LogP contribution in [-0.4, -0.2) is 13.1 Å². The second-order valence-corrected chi connectivity index (χ2v) is 5.26. The highest BCUT2D eigenvalue weighted by atomic mass is 19.4. The topological polar surface area (TPSA) is 3.24 Å². The molecule has 0 radical (unpaired) electrons. The third kappa shape index (κ3) is 3.64. The van der Waals surface area contributed by atoms with Gasteiger partial charge in [0.1, 0.15) is 0 Å². The van der Waals surface area contributed by atoms with Crippen molar-refractivity contribution >= 4 is 5.69 Å². The molecule has 0 aromatic heterocycles. The molecule has 1 aromatic rings. The monoisotopic (exact) mass is 271 g/mol. The zero-order valence-corrected chi connectivity index (χ0v) is 11.2. The predicted molar refractivity (Wildman–Crippen MR) is 71.3 cm³/mol. The van der Waals surface area contributed by atoms with E-state index in [0.717, 1.165) is 37.5 Å². The molecule has 0 aliphatic carbocycles. The van der Waals surface area contributed by atoms with Crippen LogP contribution in [-0.2, 0) is 6.18 Å². The van der Waals surface area contributed by atoms with Gasteiger partial charge in [-0.15, -0.1) is 0 Å². The zero-order chi connectivity index (χ0) is 13.9. The molecular formula is C15H20F3N. The van der Waals surface area contributed by atoms with Crippen LogP contribution in [0.3, 0.4) is 0 Å². The van der Waals surface area contributed by atoms with Gasteiger partial charge in [0.25, 0.3) is 0 Å². The summed E-state index contributed by atoms with van der Waals surface area (Å²) < 4.78 is 37.5. The van der Waals surface area contributed by atoms with Crippen LogP contribution in [0.5, 0.6) is 0 Å². The number of nitrogens with zero attached hydrogens (tertiary/aromatic N) is 1. The lowest BCUT2D eigenvalue weighted by Crippen LogP contribution is -2.33. The minimum absolute atomic E-state index is 0.572. The molecule has 2 rings (SSSR count). The number of benzene rings is 1. The SMILES string of the molecule is CCCC1CCN(c2ccc(C(F)(F)F)cc2)CC1. The fourth-order valence-electron chi connectivity index (χ4n) is 2.75. The molecule has 1 saturated heterocycles. The highest BCUT2D eigenvalue weighted by Crippen LogP contribution is 2.31. The summed E-state index contributed by atoms with van der Waals surface area (Å²) in [6.07, 6.45) is 0.530. The van der Waals surface area contributed by atoms with Gasteiger partial charge in [0.05, 0.1) is 5.56 Å². The average molecular weight is 271 g/mol. The summed E-state index contributed by atoms with van der Waals surface area (Å²) in [7, 11) is 0. The standard InChI is InChI=1S/C15H20F3N/c1-2-3-12-8-10-19(11-9-12)14-6-4-13(5-7-14)15(16,17)18/h4-7,12H,2-3,8-11H2,1H3. The van der Waals surface area contributed by atoms with Crippen LogP contribution in [0, 0.1) is 5.92 Å². The van der Waals surface area contributed by atoms with Crippen LogP contribution >= 0.6 is 0 Å². The Labute approximate surface area is 112 Å². The zero-order valence-electron chi connectivity index (χ0n) is 11.2. The fourth-order valence-corrected chi connectivity index (χ4v) is 2.75. The molecule has 1 fully saturated rings. The van der Waals surface area contributed by atoms with Crippen LogP contribution in [0.4, 0.5) is 18.9 Å². The first-order chi connectivity index (χ1) is 9.00. The Bertz CT molecular complexity index is 389. The molecule has 0 saturated carbocycles. The number of piperidine rings is 1. The molecule has 106 valence electrons. The van der Waals surface area contributed by atoms with Gasteiger partial charge < -0.3 is 4.90 Å². The van der Waals surface area contributed by atoms with Crippen molar-refractivity contribution in [3.8, 4) is 0 Å². The van der Waals surface area contributed by atoms with Crippen LogP contribution in [0.1, 0.15) is 38.2 Å². The second-order valence-electron chi connectivity index (χ2n) is 5.26. The van der Waals surface area contributed by atoms with E-state index in [1.165, 1.54) is 25.0 Å². The summed E-state index contributed by atoms with van der Waals surface area (Å²) in [5.41, 5.74) is 0.333. The molecule has 0 unspecified atom stereocenters. The molecule has 4 heteroatoms. The van der Waals surface area contributed by atoms with Crippen molar-refractivity contribution in [2.75, 3.05) is 18.0 Å². The van der Waals surface area contributed by atoms with Crippen molar-refractivity contribution in [3.05, 3.63) is 29.8 Å². The highest BCUT2D eigenvalue weighted by Gasteiger charge is 2.30. The Balaban J connectivity index is 1.97.